The number of rotatable bonds is 13. The van der Waals surface area contributed by atoms with E-state index in [-0.39, 0.29) is 0 Å². The van der Waals surface area contributed by atoms with Crippen LogP contribution in [0.4, 0.5) is 4.79 Å². The van der Waals surface area contributed by atoms with Gasteiger partial charge < -0.3 is 23.2 Å². The van der Waals surface area contributed by atoms with Gasteiger partial charge in [-0.25, -0.2) is 0 Å². The standard InChI is InChI=1S/C14H29NO6Si/c1-6-15(14(16)17,18-7-2)12-11-13-22(19-8-3,20-9-4)21-10-5/h7H,2,6,8-13H2,1,3-5H3/p+1. The third-order valence-electron chi connectivity index (χ3n) is 3.23. The smallest absolute Gasteiger partial charge is 0.433 e. The van der Waals surface area contributed by atoms with Crippen molar-refractivity contribution in [1.29, 1.82) is 0 Å². The summed E-state index contributed by atoms with van der Waals surface area (Å²) in [6.45, 7) is 13.0. The second-order valence-electron chi connectivity index (χ2n) is 4.57. The average Bonchev–Trinajstić information content (AvgIpc) is 2.47. The molecule has 0 aliphatic heterocycles. The second-order valence-corrected chi connectivity index (χ2v) is 7.30. The van der Waals surface area contributed by atoms with Crippen LogP contribution < -0.4 is 0 Å². The van der Waals surface area contributed by atoms with Gasteiger partial charge in [0.15, 0.2) is 0 Å². The van der Waals surface area contributed by atoms with E-state index in [1.807, 2.05) is 20.8 Å². The zero-order chi connectivity index (χ0) is 17.1. The van der Waals surface area contributed by atoms with Gasteiger partial charge in [0.1, 0.15) is 19.4 Å². The minimum Gasteiger partial charge on any atom is -0.433 e. The predicted octanol–water partition coefficient (Wildman–Crippen LogP) is 3.01. The van der Waals surface area contributed by atoms with Gasteiger partial charge in [-0.05, 0) is 32.3 Å². The summed E-state index contributed by atoms with van der Waals surface area (Å²) in [5.41, 5.74) is 0. The zero-order valence-electron chi connectivity index (χ0n) is 14.2. The molecule has 0 aromatic carbocycles. The molecule has 0 aliphatic rings. The molecule has 0 fully saturated rings. The van der Waals surface area contributed by atoms with Gasteiger partial charge in [-0.1, -0.05) is 6.58 Å². The van der Waals surface area contributed by atoms with Crippen LogP contribution in [-0.2, 0) is 18.1 Å². The topological polar surface area (TPSA) is 74.2 Å². The number of hydrogen-bond acceptors (Lipinski definition) is 5. The SMILES string of the molecule is C=CO[N+](CC)(CCC[Si](OCC)(OCC)OCC)C(=O)O. The van der Waals surface area contributed by atoms with E-state index in [2.05, 4.69) is 6.58 Å². The predicted molar refractivity (Wildman–Crippen MR) is 85.0 cm³/mol. The molecule has 0 radical (unpaired) electrons. The lowest BCUT2D eigenvalue weighted by Crippen LogP contribution is -2.52. The molecule has 0 saturated carbocycles. The second kappa shape index (κ2) is 10.7. The lowest BCUT2D eigenvalue weighted by Gasteiger charge is -2.31. The van der Waals surface area contributed by atoms with E-state index >= 15 is 0 Å². The van der Waals surface area contributed by atoms with Crippen molar-refractivity contribution in [2.45, 2.75) is 40.2 Å². The van der Waals surface area contributed by atoms with Crippen molar-refractivity contribution < 1.29 is 32.7 Å². The first-order valence-electron chi connectivity index (χ1n) is 7.77. The maximum absolute atomic E-state index is 11.5. The largest absolute Gasteiger partial charge is 0.556 e. The maximum Gasteiger partial charge on any atom is 0.556 e. The van der Waals surface area contributed by atoms with Crippen molar-refractivity contribution in [3.8, 4) is 0 Å². The average molecular weight is 336 g/mol. The summed E-state index contributed by atoms with van der Waals surface area (Å²) in [6.07, 6.45) is 0.676. The zero-order valence-corrected chi connectivity index (χ0v) is 15.2. The molecule has 0 heterocycles. The minimum absolute atomic E-state index is 0.291. The number of nitrogens with zero attached hydrogens (tertiary/aromatic N) is 1. The van der Waals surface area contributed by atoms with Crippen molar-refractivity contribution in [3.05, 3.63) is 12.8 Å². The van der Waals surface area contributed by atoms with Crippen molar-refractivity contribution in [3.63, 3.8) is 0 Å². The summed E-state index contributed by atoms with van der Waals surface area (Å²) in [4.78, 5) is 16.7. The summed E-state index contributed by atoms with van der Waals surface area (Å²) < 4.78 is 16.8. The van der Waals surface area contributed by atoms with E-state index in [9.17, 15) is 9.90 Å². The molecule has 0 rings (SSSR count). The van der Waals surface area contributed by atoms with Crippen LogP contribution in [0.25, 0.3) is 0 Å². The summed E-state index contributed by atoms with van der Waals surface area (Å²) in [7, 11) is -2.75. The van der Waals surface area contributed by atoms with Crippen molar-refractivity contribution in [2.75, 3.05) is 32.9 Å². The molecule has 0 bridgehead atoms. The van der Waals surface area contributed by atoms with E-state index in [1.165, 1.54) is 0 Å². The molecule has 1 amide bonds. The molecule has 0 saturated heterocycles. The summed E-state index contributed by atoms with van der Waals surface area (Å²) in [5.74, 6) is 0. The third-order valence-corrected chi connectivity index (χ3v) is 6.38. The quantitative estimate of drug-likeness (QED) is 0.241. The maximum atomic E-state index is 11.5. The fourth-order valence-corrected chi connectivity index (χ4v) is 4.85. The molecule has 22 heavy (non-hydrogen) atoms. The van der Waals surface area contributed by atoms with Gasteiger partial charge in [-0.2, -0.15) is 4.79 Å². The Balaban J connectivity index is 4.88. The fraction of sp³-hybridized carbons (Fsp3) is 0.786. The minimum atomic E-state index is -2.75. The van der Waals surface area contributed by atoms with Gasteiger partial charge in [0.25, 0.3) is 0 Å². The number of hydrogen-bond donors (Lipinski definition) is 1. The normalized spacial score (nSPS) is 14.4. The van der Waals surface area contributed by atoms with Gasteiger partial charge in [-0.15, -0.1) is 0 Å². The molecule has 0 aromatic heterocycles. The van der Waals surface area contributed by atoms with Gasteiger partial charge in [-0.3, -0.25) is 0 Å². The molecule has 8 heteroatoms. The van der Waals surface area contributed by atoms with Crippen LogP contribution in [0.1, 0.15) is 34.1 Å². The number of hydroxylamine groups is 3. The first kappa shape index (κ1) is 21.1. The summed E-state index contributed by atoms with van der Waals surface area (Å²) in [6, 6.07) is 0.552. The van der Waals surface area contributed by atoms with Crippen LogP contribution in [0.5, 0.6) is 0 Å². The Bertz CT molecular complexity index is 324. The van der Waals surface area contributed by atoms with E-state index in [4.69, 9.17) is 18.1 Å². The van der Waals surface area contributed by atoms with Crippen LogP contribution in [0, 0.1) is 0 Å². The van der Waals surface area contributed by atoms with E-state index in [0.717, 1.165) is 6.26 Å². The van der Waals surface area contributed by atoms with Crippen LogP contribution in [0.3, 0.4) is 0 Å². The van der Waals surface area contributed by atoms with E-state index < -0.39 is 19.5 Å². The Morgan fingerprint density at radius 2 is 1.64 bits per heavy atom. The molecular weight excluding hydrogens is 306 g/mol. The number of carbonyl (C=O) groups is 1. The van der Waals surface area contributed by atoms with E-state index in [1.54, 1.807) is 6.92 Å². The summed E-state index contributed by atoms with van der Waals surface area (Å²) >= 11 is 0. The van der Waals surface area contributed by atoms with Gasteiger partial charge >= 0.3 is 14.9 Å². The summed E-state index contributed by atoms with van der Waals surface area (Å²) in [5, 5.41) is 9.41. The van der Waals surface area contributed by atoms with Crippen molar-refractivity contribution in [1.82, 2.24) is 0 Å². The highest BCUT2D eigenvalue weighted by atomic mass is 28.4. The van der Waals surface area contributed by atoms with Crippen molar-refractivity contribution >= 4 is 14.9 Å². The number of carboxylic acid groups (broad SMARTS) is 1. The van der Waals surface area contributed by atoms with Crippen LogP contribution in [0.2, 0.25) is 6.04 Å². The molecule has 1 atom stereocenters. The molecule has 1 unspecified atom stereocenters. The number of amides is 1. The first-order valence-corrected chi connectivity index (χ1v) is 9.70. The van der Waals surface area contributed by atoms with Crippen LogP contribution >= 0.6 is 0 Å². The Morgan fingerprint density at radius 1 is 1.14 bits per heavy atom. The Kier molecular flexibility index (Phi) is 10.3. The van der Waals surface area contributed by atoms with Gasteiger partial charge in [0, 0.05) is 32.3 Å². The molecule has 130 valence electrons. The lowest BCUT2D eigenvalue weighted by molar-refractivity contribution is -1.03. The fourth-order valence-electron chi connectivity index (χ4n) is 2.26. The monoisotopic (exact) mass is 336 g/mol. The van der Waals surface area contributed by atoms with Gasteiger partial charge in [0.05, 0.1) is 0 Å². The Hall–Kier alpha value is -0.933. The van der Waals surface area contributed by atoms with E-state index in [0.29, 0.717) is 45.4 Å². The highest BCUT2D eigenvalue weighted by Gasteiger charge is 2.43. The highest BCUT2D eigenvalue weighted by Crippen LogP contribution is 2.21. The molecule has 0 spiro atoms. The molecule has 0 aliphatic carbocycles. The van der Waals surface area contributed by atoms with Gasteiger partial charge in [0.2, 0.25) is 0 Å². The Labute approximate surface area is 134 Å². The van der Waals surface area contributed by atoms with Crippen LogP contribution in [-0.4, -0.2) is 57.6 Å². The lowest BCUT2D eigenvalue weighted by atomic mass is 10.4. The van der Waals surface area contributed by atoms with Crippen LogP contribution in [0.15, 0.2) is 12.8 Å². The number of quaternary nitrogens is 1. The molecule has 1 N–H and O–H groups in total. The first-order chi connectivity index (χ1) is 10.5. The Morgan fingerprint density at radius 3 is 1.95 bits per heavy atom. The highest BCUT2D eigenvalue weighted by molar-refractivity contribution is 6.60. The third kappa shape index (κ3) is 6.05. The molecule has 7 nitrogen and oxygen atoms in total. The molecule has 0 aromatic rings. The molecular formula is C14H30NO6Si+. The van der Waals surface area contributed by atoms with Crippen molar-refractivity contribution in [2.24, 2.45) is 0 Å².